The average Bonchev–Trinajstić information content (AvgIpc) is 2.86. The zero-order valence-corrected chi connectivity index (χ0v) is 11.1. The van der Waals surface area contributed by atoms with Crippen molar-refractivity contribution in [2.24, 2.45) is 0 Å². The van der Waals surface area contributed by atoms with Crippen LogP contribution in [0.15, 0.2) is 54.2 Å². The van der Waals surface area contributed by atoms with E-state index in [0.717, 1.165) is 5.69 Å². The Morgan fingerprint density at radius 1 is 1.19 bits per heavy atom. The zero-order valence-electron chi connectivity index (χ0n) is 11.1. The molecule has 0 atom stereocenters. The minimum atomic E-state index is -0.444. The fourth-order valence-corrected chi connectivity index (χ4v) is 2.30. The third-order valence-electron chi connectivity index (χ3n) is 3.35. The molecule has 104 valence electrons. The molecule has 0 spiro atoms. The van der Waals surface area contributed by atoms with Crippen molar-refractivity contribution in [3.05, 3.63) is 75.6 Å². The maximum atomic E-state index is 12.1. The van der Waals surface area contributed by atoms with Gasteiger partial charge in [-0.15, -0.1) is 0 Å². The first-order valence-electron chi connectivity index (χ1n) is 6.46. The zero-order chi connectivity index (χ0) is 14.8. The highest BCUT2D eigenvalue weighted by Gasteiger charge is 2.13. The Morgan fingerprint density at radius 3 is 2.86 bits per heavy atom. The molecule has 0 amide bonds. The van der Waals surface area contributed by atoms with Crippen LogP contribution in [-0.4, -0.2) is 15.3 Å². The van der Waals surface area contributed by atoms with E-state index in [1.807, 2.05) is 22.9 Å². The number of non-ortho nitro benzene ring substituents is 1. The van der Waals surface area contributed by atoms with Gasteiger partial charge in [-0.3, -0.25) is 14.9 Å². The van der Waals surface area contributed by atoms with Crippen LogP contribution in [0.25, 0.3) is 12.2 Å². The van der Waals surface area contributed by atoms with Crippen molar-refractivity contribution in [1.29, 1.82) is 0 Å². The second kappa shape index (κ2) is 5.20. The Balaban J connectivity index is 1.99. The van der Waals surface area contributed by atoms with E-state index < -0.39 is 4.92 Å². The van der Waals surface area contributed by atoms with Gasteiger partial charge in [0.25, 0.3) is 5.69 Å². The molecule has 0 unspecified atom stereocenters. The molecule has 5 heteroatoms. The van der Waals surface area contributed by atoms with Gasteiger partial charge < -0.3 is 4.57 Å². The number of benzene rings is 1. The summed E-state index contributed by atoms with van der Waals surface area (Å²) in [6.45, 7) is 0.455. The number of hydrogen-bond acceptors (Lipinski definition) is 3. The molecule has 5 nitrogen and oxygen atoms in total. The Labute approximate surface area is 121 Å². The number of hydrogen-bond donors (Lipinski definition) is 0. The van der Waals surface area contributed by atoms with Crippen LogP contribution in [0.2, 0.25) is 0 Å². The fourth-order valence-electron chi connectivity index (χ4n) is 2.30. The third-order valence-corrected chi connectivity index (χ3v) is 3.35. The molecule has 0 N–H and O–H groups in total. The van der Waals surface area contributed by atoms with E-state index in [4.69, 9.17) is 0 Å². The molecule has 0 fully saturated rings. The van der Waals surface area contributed by atoms with E-state index in [0.29, 0.717) is 17.7 Å². The average molecular weight is 280 g/mol. The normalized spacial score (nSPS) is 15.8. The van der Waals surface area contributed by atoms with E-state index in [-0.39, 0.29) is 11.5 Å². The van der Waals surface area contributed by atoms with Crippen LogP contribution in [0.5, 0.6) is 0 Å². The minimum Gasteiger partial charge on any atom is -0.343 e. The molecule has 3 rings (SSSR count). The lowest BCUT2D eigenvalue weighted by Gasteiger charge is -2.06. The molecule has 0 aliphatic carbocycles. The van der Waals surface area contributed by atoms with Crippen LogP contribution in [0, 0.1) is 10.1 Å². The number of rotatable bonds is 2. The van der Waals surface area contributed by atoms with Crippen LogP contribution >= 0.6 is 0 Å². The maximum absolute atomic E-state index is 12.1. The van der Waals surface area contributed by atoms with Gasteiger partial charge in [0.2, 0.25) is 0 Å². The van der Waals surface area contributed by atoms with E-state index in [1.165, 1.54) is 18.2 Å². The molecule has 1 aromatic carbocycles. The summed E-state index contributed by atoms with van der Waals surface area (Å²) in [5.74, 6) is -0.0785. The summed E-state index contributed by atoms with van der Waals surface area (Å²) in [5, 5.41) is 10.8. The van der Waals surface area contributed by atoms with Crippen molar-refractivity contribution in [3.63, 3.8) is 0 Å². The van der Waals surface area contributed by atoms with E-state index in [1.54, 1.807) is 24.3 Å². The molecule has 1 aliphatic rings. The maximum Gasteiger partial charge on any atom is 0.270 e. The van der Waals surface area contributed by atoms with Crippen LogP contribution in [0.4, 0.5) is 5.69 Å². The number of nitro groups is 1. The number of nitrogens with zero attached hydrogens (tertiary/aromatic N) is 2. The number of allylic oxidation sites excluding steroid dienone is 2. The predicted molar refractivity (Wildman–Crippen MR) is 79.5 cm³/mol. The number of ketones is 1. The second-order valence-corrected chi connectivity index (χ2v) is 4.78. The number of aromatic nitrogens is 1. The monoisotopic (exact) mass is 280 g/mol. The third kappa shape index (κ3) is 2.67. The van der Waals surface area contributed by atoms with Gasteiger partial charge in [0.05, 0.1) is 11.5 Å². The molecule has 2 heterocycles. The Kier molecular flexibility index (Phi) is 3.23. The van der Waals surface area contributed by atoms with Crippen molar-refractivity contribution in [1.82, 2.24) is 4.57 Å². The Bertz CT molecular complexity index is 784. The molecule has 0 saturated carbocycles. The van der Waals surface area contributed by atoms with Gasteiger partial charge >= 0.3 is 0 Å². The fraction of sp³-hybridized carbons (Fsp3) is 0.0625. The molecule has 1 aromatic heterocycles. The summed E-state index contributed by atoms with van der Waals surface area (Å²) in [5.41, 5.74) is 2.23. The van der Waals surface area contributed by atoms with Gasteiger partial charge in [-0.05, 0) is 35.9 Å². The quantitative estimate of drug-likeness (QED) is 0.482. The van der Waals surface area contributed by atoms with Gasteiger partial charge in [0.15, 0.2) is 5.78 Å². The highest BCUT2D eigenvalue weighted by molar-refractivity contribution is 6.09. The number of fused-ring (bicyclic) bond motifs is 1. The van der Waals surface area contributed by atoms with Gasteiger partial charge in [-0.2, -0.15) is 0 Å². The van der Waals surface area contributed by atoms with Crippen molar-refractivity contribution < 1.29 is 9.72 Å². The van der Waals surface area contributed by atoms with E-state index in [2.05, 4.69) is 0 Å². The summed E-state index contributed by atoms with van der Waals surface area (Å²) in [7, 11) is 0. The van der Waals surface area contributed by atoms with Crippen molar-refractivity contribution in [3.8, 4) is 0 Å². The van der Waals surface area contributed by atoms with Crippen LogP contribution < -0.4 is 0 Å². The summed E-state index contributed by atoms with van der Waals surface area (Å²) in [4.78, 5) is 22.5. The van der Waals surface area contributed by atoms with Gasteiger partial charge in [0, 0.05) is 29.6 Å². The van der Waals surface area contributed by atoms with Gasteiger partial charge in [-0.1, -0.05) is 12.1 Å². The van der Waals surface area contributed by atoms with Crippen molar-refractivity contribution >= 4 is 23.6 Å². The first kappa shape index (κ1) is 13.1. The highest BCUT2D eigenvalue weighted by atomic mass is 16.6. The second-order valence-electron chi connectivity index (χ2n) is 4.78. The lowest BCUT2D eigenvalue weighted by atomic mass is 10.1. The topological polar surface area (TPSA) is 65.1 Å². The molecular formula is C16H12N2O3. The number of nitro benzene ring substituents is 1. The van der Waals surface area contributed by atoms with Gasteiger partial charge in [-0.25, -0.2) is 0 Å². The molecule has 21 heavy (non-hydrogen) atoms. The Hall–Kier alpha value is -2.95. The molecule has 2 aromatic rings. The Morgan fingerprint density at radius 2 is 2.05 bits per heavy atom. The van der Waals surface area contributed by atoms with Crippen molar-refractivity contribution in [2.75, 3.05) is 0 Å². The predicted octanol–water partition coefficient (Wildman–Crippen LogP) is 3.08. The van der Waals surface area contributed by atoms with Crippen LogP contribution in [0.3, 0.4) is 0 Å². The first-order chi connectivity index (χ1) is 10.1. The summed E-state index contributed by atoms with van der Waals surface area (Å²) in [6.07, 6.45) is 6.91. The summed E-state index contributed by atoms with van der Waals surface area (Å²) >= 11 is 0. The standard InChI is InChI=1S/C16H12N2O3/c19-16-7-6-14-5-2-8-17(14)11-13(16)9-12-3-1-4-15(10-12)18(20)21/h1-10H,11H2/b13-9+. The number of carbonyl (C=O) groups excluding carboxylic acids is 1. The van der Waals surface area contributed by atoms with Gasteiger partial charge in [0.1, 0.15) is 0 Å². The highest BCUT2D eigenvalue weighted by Crippen LogP contribution is 2.20. The van der Waals surface area contributed by atoms with Crippen molar-refractivity contribution in [2.45, 2.75) is 6.54 Å². The lowest BCUT2D eigenvalue weighted by molar-refractivity contribution is -0.384. The molecule has 0 saturated heterocycles. The van der Waals surface area contributed by atoms with E-state index >= 15 is 0 Å². The summed E-state index contributed by atoms with van der Waals surface area (Å²) < 4.78 is 1.96. The molecular weight excluding hydrogens is 268 g/mol. The SMILES string of the molecule is O=C1C=Cc2cccn2C/C1=C\c1cccc([N+](=O)[O-])c1. The van der Waals surface area contributed by atoms with Crippen LogP contribution in [0.1, 0.15) is 11.3 Å². The van der Waals surface area contributed by atoms with E-state index in [9.17, 15) is 14.9 Å². The largest absolute Gasteiger partial charge is 0.343 e. The molecule has 1 aliphatic heterocycles. The smallest absolute Gasteiger partial charge is 0.270 e. The molecule has 0 radical (unpaired) electrons. The first-order valence-corrected chi connectivity index (χ1v) is 6.46. The van der Waals surface area contributed by atoms with Crippen LogP contribution in [-0.2, 0) is 11.3 Å². The summed E-state index contributed by atoms with van der Waals surface area (Å²) in [6, 6.07) is 10.1. The lowest BCUT2D eigenvalue weighted by Crippen LogP contribution is -2.05. The minimum absolute atomic E-state index is 0.0163. The molecule has 0 bridgehead atoms. The number of carbonyl (C=O) groups is 1.